The number of carboxylic acid groups (broad SMARTS) is 1. The third-order valence-electron chi connectivity index (χ3n) is 2.13. The lowest BCUT2D eigenvalue weighted by atomic mass is 10.0. The van der Waals surface area contributed by atoms with Crippen LogP contribution in [0.2, 0.25) is 0 Å². The third kappa shape index (κ3) is 2.32. The predicted octanol–water partition coefficient (Wildman–Crippen LogP) is 1.16. The number of nitrogens with two attached hydrogens (primary N) is 1. The Hall–Kier alpha value is -1.36. The highest BCUT2D eigenvalue weighted by molar-refractivity contribution is 5.66. The second-order valence-electron chi connectivity index (χ2n) is 3.28. The maximum Gasteiger partial charge on any atom is 0.303 e. The fourth-order valence-electron chi connectivity index (χ4n) is 1.44. The van der Waals surface area contributed by atoms with E-state index in [-0.39, 0.29) is 12.5 Å². The molecule has 1 unspecified atom stereocenters. The van der Waals surface area contributed by atoms with Gasteiger partial charge in [0.1, 0.15) is 5.76 Å². The van der Waals surface area contributed by atoms with Gasteiger partial charge in [0.2, 0.25) is 0 Å². The van der Waals surface area contributed by atoms with E-state index in [1.807, 2.05) is 0 Å². The Morgan fingerprint density at radius 2 is 2.29 bits per heavy atom. The van der Waals surface area contributed by atoms with Crippen LogP contribution in [-0.2, 0) is 4.79 Å². The molecule has 1 aromatic heterocycles. The standard InChI is InChI=1S/C9H14N2O3/c1-5-9(6(2)14-11-5)7(10)3-4-8(12)13/h7H,3-4,10H2,1-2H3,(H,12,13). The first-order valence-corrected chi connectivity index (χ1v) is 4.42. The smallest absolute Gasteiger partial charge is 0.303 e. The minimum Gasteiger partial charge on any atom is -0.481 e. The Morgan fingerprint density at radius 1 is 1.64 bits per heavy atom. The molecule has 5 heteroatoms. The van der Waals surface area contributed by atoms with Gasteiger partial charge in [-0.3, -0.25) is 4.79 Å². The molecule has 0 aliphatic carbocycles. The van der Waals surface area contributed by atoms with Crippen molar-refractivity contribution >= 4 is 5.97 Å². The molecule has 0 radical (unpaired) electrons. The highest BCUT2D eigenvalue weighted by Crippen LogP contribution is 2.22. The van der Waals surface area contributed by atoms with Crippen LogP contribution >= 0.6 is 0 Å². The quantitative estimate of drug-likeness (QED) is 0.757. The van der Waals surface area contributed by atoms with Gasteiger partial charge in [-0.05, 0) is 20.3 Å². The SMILES string of the molecule is Cc1noc(C)c1C(N)CCC(=O)O. The second-order valence-corrected chi connectivity index (χ2v) is 3.28. The molecule has 0 aliphatic heterocycles. The van der Waals surface area contributed by atoms with Gasteiger partial charge in [-0.2, -0.15) is 0 Å². The molecule has 1 heterocycles. The van der Waals surface area contributed by atoms with E-state index >= 15 is 0 Å². The summed E-state index contributed by atoms with van der Waals surface area (Å²) < 4.78 is 4.95. The largest absolute Gasteiger partial charge is 0.481 e. The average Bonchev–Trinajstić information content (AvgIpc) is 2.42. The van der Waals surface area contributed by atoms with Gasteiger partial charge < -0.3 is 15.4 Å². The van der Waals surface area contributed by atoms with Crippen LogP contribution in [0.1, 0.15) is 35.9 Å². The normalized spacial score (nSPS) is 12.8. The lowest BCUT2D eigenvalue weighted by molar-refractivity contribution is -0.137. The molecular formula is C9H14N2O3. The van der Waals surface area contributed by atoms with Crippen LogP contribution < -0.4 is 5.73 Å². The highest BCUT2D eigenvalue weighted by Gasteiger charge is 2.17. The molecule has 1 atom stereocenters. The predicted molar refractivity (Wildman–Crippen MR) is 49.8 cm³/mol. The van der Waals surface area contributed by atoms with E-state index in [4.69, 9.17) is 15.4 Å². The van der Waals surface area contributed by atoms with Crippen molar-refractivity contribution in [2.45, 2.75) is 32.7 Å². The number of aryl methyl sites for hydroxylation is 2. The molecule has 3 N–H and O–H groups in total. The number of aromatic nitrogens is 1. The molecular weight excluding hydrogens is 184 g/mol. The summed E-state index contributed by atoms with van der Waals surface area (Å²) >= 11 is 0. The topological polar surface area (TPSA) is 89.4 Å². The first-order valence-electron chi connectivity index (χ1n) is 4.42. The zero-order chi connectivity index (χ0) is 10.7. The first kappa shape index (κ1) is 10.7. The third-order valence-corrected chi connectivity index (χ3v) is 2.13. The van der Waals surface area contributed by atoms with Crippen molar-refractivity contribution in [2.24, 2.45) is 5.73 Å². The van der Waals surface area contributed by atoms with Gasteiger partial charge in [0.05, 0.1) is 5.69 Å². The van der Waals surface area contributed by atoms with E-state index in [0.717, 1.165) is 11.3 Å². The zero-order valence-electron chi connectivity index (χ0n) is 8.28. The maximum absolute atomic E-state index is 10.3. The van der Waals surface area contributed by atoms with Crippen LogP contribution in [0.3, 0.4) is 0 Å². The molecule has 0 spiro atoms. The van der Waals surface area contributed by atoms with Gasteiger partial charge >= 0.3 is 5.97 Å². The van der Waals surface area contributed by atoms with E-state index in [0.29, 0.717) is 12.2 Å². The van der Waals surface area contributed by atoms with Gasteiger partial charge in [-0.1, -0.05) is 5.16 Å². The summed E-state index contributed by atoms with van der Waals surface area (Å²) in [7, 11) is 0. The maximum atomic E-state index is 10.3. The fourth-order valence-corrected chi connectivity index (χ4v) is 1.44. The van der Waals surface area contributed by atoms with E-state index in [1.54, 1.807) is 13.8 Å². The van der Waals surface area contributed by atoms with Gasteiger partial charge in [-0.25, -0.2) is 0 Å². The van der Waals surface area contributed by atoms with Crippen molar-refractivity contribution in [2.75, 3.05) is 0 Å². The number of hydrogen-bond acceptors (Lipinski definition) is 4. The Morgan fingerprint density at radius 3 is 2.71 bits per heavy atom. The van der Waals surface area contributed by atoms with Crippen LogP contribution in [0, 0.1) is 13.8 Å². The van der Waals surface area contributed by atoms with Crippen LogP contribution in [-0.4, -0.2) is 16.2 Å². The van der Waals surface area contributed by atoms with E-state index < -0.39 is 5.97 Å². The minimum atomic E-state index is -0.841. The molecule has 78 valence electrons. The number of rotatable bonds is 4. The van der Waals surface area contributed by atoms with Gasteiger partial charge in [0.15, 0.2) is 0 Å². The Bertz CT molecular complexity index is 313. The zero-order valence-corrected chi connectivity index (χ0v) is 8.28. The van der Waals surface area contributed by atoms with Crippen molar-refractivity contribution in [1.29, 1.82) is 0 Å². The van der Waals surface area contributed by atoms with Crippen molar-refractivity contribution in [3.05, 3.63) is 17.0 Å². The van der Waals surface area contributed by atoms with Crippen LogP contribution in [0.15, 0.2) is 4.52 Å². The molecule has 0 saturated carbocycles. The molecule has 0 saturated heterocycles. The summed E-state index contributed by atoms with van der Waals surface area (Å²) in [6.45, 7) is 3.57. The minimum absolute atomic E-state index is 0.0607. The van der Waals surface area contributed by atoms with Crippen LogP contribution in [0.4, 0.5) is 0 Å². The number of aliphatic carboxylic acids is 1. The van der Waals surface area contributed by atoms with Gasteiger partial charge in [0.25, 0.3) is 0 Å². The number of carbonyl (C=O) groups is 1. The second kappa shape index (κ2) is 4.23. The summed E-state index contributed by atoms with van der Waals surface area (Å²) in [5.41, 5.74) is 7.39. The Kier molecular flexibility index (Phi) is 3.24. The number of carboxylic acids is 1. The average molecular weight is 198 g/mol. The van der Waals surface area contributed by atoms with Crippen molar-refractivity contribution in [1.82, 2.24) is 5.16 Å². The lowest BCUT2D eigenvalue weighted by Gasteiger charge is -2.08. The molecule has 5 nitrogen and oxygen atoms in total. The monoisotopic (exact) mass is 198 g/mol. The Labute approximate surface area is 81.9 Å². The molecule has 14 heavy (non-hydrogen) atoms. The summed E-state index contributed by atoms with van der Waals surface area (Å²) in [6.07, 6.45) is 0.462. The highest BCUT2D eigenvalue weighted by atomic mass is 16.5. The van der Waals surface area contributed by atoms with Crippen molar-refractivity contribution in [3.8, 4) is 0 Å². The van der Waals surface area contributed by atoms with Gasteiger partial charge in [-0.15, -0.1) is 0 Å². The summed E-state index contributed by atoms with van der Waals surface area (Å²) in [5, 5.41) is 12.3. The molecule has 0 fully saturated rings. The Balaban J connectivity index is 2.69. The van der Waals surface area contributed by atoms with Crippen molar-refractivity contribution < 1.29 is 14.4 Å². The summed E-state index contributed by atoms with van der Waals surface area (Å²) in [4.78, 5) is 10.3. The van der Waals surface area contributed by atoms with E-state index in [2.05, 4.69) is 5.16 Å². The van der Waals surface area contributed by atoms with E-state index in [1.165, 1.54) is 0 Å². The first-order chi connectivity index (χ1) is 6.52. The van der Waals surface area contributed by atoms with Crippen LogP contribution in [0.5, 0.6) is 0 Å². The molecule has 0 bridgehead atoms. The summed E-state index contributed by atoms with van der Waals surface area (Å²) in [5.74, 6) is -0.174. The summed E-state index contributed by atoms with van der Waals surface area (Å²) in [6, 6.07) is -0.308. The molecule has 0 aliphatic rings. The lowest BCUT2D eigenvalue weighted by Crippen LogP contribution is -2.13. The molecule has 0 amide bonds. The molecule has 1 aromatic rings. The molecule has 0 aromatic carbocycles. The van der Waals surface area contributed by atoms with Crippen molar-refractivity contribution in [3.63, 3.8) is 0 Å². The molecule has 1 rings (SSSR count). The number of nitrogens with zero attached hydrogens (tertiary/aromatic N) is 1. The van der Waals surface area contributed by atoms with E-state index in [9.17, 15) is 4.79 Å². The van der Waals surface area contributed by atoms with Crippen LogP contribution in [0.25, 0.3) is 0 Å². The fraction of sp³-hybridized carbons (Fsp3) is 0.556. The van der Waals surface area contributed by atoms with Gasteiger partial charge in [0, 0.05) is 18.0 Å². The number of hydrogen-bond donors (Lipinski definition) is 2.